The highest BCUT2D eigenvalue weighted by Crippen LogP contribution is 2.30. The molecule has 3 rings (SSSR count). The van der Waals surface area contributed by atoms with Crippen molar-refractivity contribution in [2.75, 3.05) is 18.5 Å². The van der Waals surface area contributed by atoms with E-state index in [2.05, 4.69) is 15.4 Å². The Labute approximate surface area is 201 Å². The summed E-state index contributed by atoms with van der Waals surface area (Å²) in [5.74, 6) is 0.0743. The second kappa shape index (κ2) is 11.7. The summed E-state index contributed by atoms with van der Waals surface area (Å²) in [6.45, 7) is 6.81. The average Bonchev–Trinajstić information content (AvgIpc) is 2.81. The molecule has 2 aromatic carbocycles. The van der Waals surface area contributed by atoms with Gasteiger partial charge in [-0.25, -0.2) is 17.5 Å². The number of hydrogen-bond donors (Lipinski definition) is 3. The van der Waals surface area contributed by atoms with Crippen molar-refractivity contribution in [3.05, 3.63) is 53.8 Å². The van der Waals surface area contributed by atoms with Gasteiger partial charge in [0.25, 0.3) is 0 Å². The van der Waals surface area contributed by atoms with Crippen molar-refractivity contribution < 1.29 is 22.3 Å². The van der Waals surface area contributed by atoms with Gasteiger partial charge in [-0.05, 0) is 82.3 Å². The third-order valence-electron chi connectivity index (χ3n) is 6.08. The lowest BCUT2D eigenvalue weighted by molar-refractivity contribution is -0.126. The maximum atomic E-state index is 13.1. The minimum absolute atomic E-state index is 0.0556. The van der Waals surface area contributed by atoms with Gasteiger partial charge < -0.3 is 15.4 Å². The van der Waals surface area contributed by atoms with Crippen LogP contribution in [-0.4, -0.2) is 33.5 Å². The van der Waals surface area contributed by atoms with Crippen molar-refractivity contribution >= 4 is 21.6 Å². The van der Waals surface area contributed by atoms with Crippen LogP contribution in [0.3, 0.4) is 0 Å². The molecule has 9 heteroatoms. The van der Waals surface area contributed by atoms with Crippen molar-refractivity contribution in [1.82, 2.24) is 10.0 Å². The molecule has 0 unspecified atom stereocenters. The van der Waals surface area contributed by atoms with Crippen LogP contribution in [-0.2, 0) is 14.8 Å². The molecule has 0 heterocycles. The predicted octanol–water partition coefficient (Wildman–Crippen LogP) is 4.37. The van der Waals surface area contributed by atoms with E-state index in [1.807, 2.05) is 20.8 Å². The minimum Gasteiger partial charge on any atom is -0.492 e. The van der Waals surface area contributed by atoms with Gasteiger partial charge in [-0.15, -0.1) is 0 Å². The predicted molar refractivity (Wildman–Crippen MR) is 131 cm³/mol. The summed E-state index contributed by atoms with van der Waals surface area (Å²) >= 11 is 0. The fourth-order valence-corrected chi connectivity index (χ4v) is 5.54. The first-order chi connectivity index (χ1) is 16.2. The van der Waals surface area contributed by atoms with Crippen molar-refractivity contribution in [2.24, 2.45) is 5.92 Å². The summed E-state index contributed by atoms with van der Waals surface area (Å²) in [6, 6.07) is 10.4. The monoisotopic (exact) mass is 491 g/mol. The van der Waals surface area contributed by atoms with Gasteiger partial charge in [0, 0.05) is 18.5 Å². The zero-order valence-electron chi connectivity index (χ0n) is 19.9. The van der Waals surface area contributed by atoms with Crippen LogP contribution in [0.1, 0.15) is 58.1 Å². The maximum absolute atomic E-state index is 13.1. The van der Waals surface area contributed by atoms with Gasteiger partial charge in [0.15, 0.2) is 0 Å². The highest BCUT2D eigenvalue weighted by molar-refractivity contribution is 7.89. The zero-order chi connectivity index (χ0) is 24.7. The van der Waals surface area contributed by atoms with Gasteiger partial charge in [0.1, 0.15) is 11.6 Å². The summed E-state index contributed by atoms with van der Waals surface area (Å²) in [5.41, 5.74) is 1.48. The molecular formula is C25H34FN3O4S. The second-order valence-corrected chi connectivity index (χ2v) is 10.3. The van der Waals surface area contributed by atoms with Gasteiger partial charge in [0.2, 0.25) is 15.9 Å². The first-order valence-corrected chi connectivity index (χ1v) is 13.3. The number of carbonyl (C=O) groups is 1. The molecule has 7 nitrogen and oxygen atoms in total. The molecule has 1 aliphatic carbocycles. The number of ether oxygens (including phenoxy) is 1. The highest BCUT2D eigenvalue weighted by Gasteiger charge is 2.30. The Morgan fingerprint density at radius 3 is 2.38 bits per heavy atom. The number of amides is 1. The first kappa shape index (κ1) is 26.0. The van der Waals surface area contributed by atoms with E-state index in [1.165, 1.54) is 12.1 Å². The highest BCUT2D eigenvalue weighted by atomic mass is 32.2. The lowest BCUT2D eigenvalue weighted by Gasteiger charge is -2.29. The van der Waals surface area contributed by atoms with Crippen molar-refractivity contribution in [3.8, 4) is 5.75 Å². The minimum atomic E-state index is -3.71. The van der Waals surface area contributed by atoms with E-state index in [1.54, 1.807) is 30.3 Å². The molecule has 186 valence electrons. The normalized spacial score (nSPS) is 19.3. The lowest BCUT2D eigenvalue weighted by Crippen LogP contribution is -2.41. The Hall–Kier alpha value is -2.65. The van der Waals surface area contributed by atoms with Crippen LogP contribution >= 0.6 is 0 Å². The smallest absolute Gasteiger partial charge is 0.240 e. The van der Waals surface area contributed by atoms with Crippen molar-refractivity contribution in [1.29, 1.82) is 0 Å². The first-order valence-electron chi connectivity index (χ1n) is 11.8. The van der Waals surface area contributed by atoms with Gasteiger partial charge in [-0.2, -0.15) is 0 Å². The van der Waals surface area contributed by atoms with Gasteiger partial charge >= 0.3 is 0 Å². The average molecular weight is 492 g/mol. The molecule has 1 fully saturated rings. The molecule has 0 saturated heterocycles. The molecule has 2 aromatic rings. The SMILES string of the molecule is CCNc1cc(S(=O)(=O)NC2CCC(C(=O)N[C@H](C)c3ccc(F)cc3)CC2)ccc1OCC. The molecule has 1 atom stereocenters. The van der Waals surface area contributed by atoms with Gasteiger partial charge in [-0.3, -0.25) is 4.79 Å². The standard InChI is InChI=1S/C25H34FN3O4S/c1-4-27-23-16-22(14-15-24(23)33-5-2)34(31,32)29-21-12-8-19(9-13-21)25(30)28-17(3)18-6-10-20(26)11-7-18/h6-7,10-11,14-17,19,21,27,29H,4-5,8-9,12-13H2,1-3H3,(H,28,30)/t17-,19?,21?/m1/s1. The summed E-state index contributed by atoms with van der Waals surface area (Å²) in [5, 5.41) is 6.13. The number of carbonyl (C=O) groups excluding carboxylic acids is 1. The Morgan fingerprint density at radius 2 is 1.76 bits per heavy atom. The summed E-state index contributed by atoms with van der Waals surface area (Å²) in [4.78, 5) is 12.9. The molecule has 34 heavy (non-hydrogen) atoms. The number of nitrogens with one attached hydrogen (secondary N) is 3. The third kappa shape index (κ3) is 6.70. The molecular weight excluding hydrogens is 457 g/mol. The number of benzene rings is 2. The van der Waals surface area contributed by atoms with Gasteiger partial charge in [0.05, 0.1) is 23.2 Å². The topological polar surface area (TPSA) is 96.5 Å². The molecule has 0 spiro atoms. The Balaban J connectivity index is 1.56. The number of hydrogen-bond acceptors (Lipinski definition) is 5. The number of sulfonamides is 1. The molecule has 0 bridgehead atoms. The van der Waals surface area contributed by atoms with Crippen LogP contribution in [0.2, 0.25) is 0 Å². The zero-order valence-corrected chi connectivity index (χ0v) is 20.8. The quantitative estimate of drug-likeness (QED) is 0.459. The van der Waals surface area contributed by atoms with Crippen LogP contribution in [0.4, 0.5) is 10.1 Å². The third-order valence-corrected chi connectivity index (χ3v) is 7.60. The molecule has 0 radical (unpaired) electrons. The molecule has 1 amide bonds. The fourth-order valence-electron chi connectivity index (χ4n) is 4.21. The maximum Gasteiger partial charge on any atom is 0.240 e. The summed E-state index contributed by atoms with van der Waals surface area (Å²) < 4.78 is 47.5. The van der Waals surface area contributed by atoms with Crippen LogP contribution in [0, 0.1) is 11.7 Å². The van der Waals surface area contributed by atoms with Crippen LogP contribution in [0.25, 0.3) is 0 Å². The Kier molecular flexibility index (Phi) is 8.90. The molecule has 0 aliphatic heterocycles. The lowest BCUT2D eigenvalue weighted by atomic mass is 9.85. The van der Waals surface area contributed by atoms with Crippen molar-refractivity contribution in [2.45, 2.75) is 63.4 Å². The van der Waals surface area contributed by atoms with Crippen LogP contribution in [0.15, 0.2) is 47.4 Å². The van der Waals surface area contributed by atoms with E-state index in [0.29, 0.717) is 50.3 Å². The van der Waals surface area contributed by atoms with Crippen molar-refractivity contribution in [3.63, 3.8) is 0 Å². The van der Waals surface area contributed by atoms with E-state index in [0.717, 1.165) is 5.56 Å². The van der Waals surface area contributed by atoms with Crippen LogP contribution < -0.4 is 20.1 Å². The van der Waals surface area contributed by atoms with Crippen LogP contribution in [0.5, 0.6) is 5.75 Å². The summed E-state index contributed by atoms with van der Waals surface area (Å²) in [7, 11) is -3.71. The van der Waals surface area contributed by atoms with Gasteiger partial charge in [-0.1, -0.05) is 12.1 Å². The van der Waals surface area contributed by atoms with E-state index in [4.69, 9.17) is 4.74 Å². The second-order valence-electron chi connectivity index (χ2n) is 8.57. The number of halogens is 1. The number of rotatable bonds is 10. The molecule has 1 aliphatic rings. The van der Waals surface area contributed by atoms with E-state index in [-0.39, 0.29) is 34.6 Å². The fraction of sp³-hybridized carbons (Fsp3) is 0.480. The molecule has 1 saturated carbocycles. The van der Waals surface area contributed by atoms with E-state index < -0.39 is 10.0 Å². The Morgan fingerprint density at radius 1 is 1.09 bits per heavy atom. The van der Waals surface area contributed by atoms with E-state index in [9.17, 15) is 17.6 Å². The number of anilines is 1. The Bertz CT molecular complexity index is 1070. The summed E-state index contributed by atoms with van der Waals surface area (Å²) in [6.07, 6.45) is 2.36. The largest absolute Gasteiger partial charge is 0.492 e. The van der Waals surface area contributed by atoms with E-state index >= 15 is 0 Å². The molecule has 3 N–H and O–H groups in total. The molecule has 0 aromatic heterocycles.